The minimum Gasteiger partial charge on any atom is -0.477 e. The van der Waals surface area contributed by atoms with E-state index in [1.807, 2.05) is 0 Å². The van der Waals surface area contributed by atoms with Gasteiger partial charge < -0.3 is 19.7 Å². The van der Waals surface area contributed by atoms with E-state index in [2.05, 4.69) is 15.3 Å². The molecule has 0 bridgehead atoms. The van der Waals surface area contributed by atoms with Crippen LogP contribution in [0.1, 0.15) is 56.6 Å². The van der Waals surface area contributed by atoms with E-state index in [9.17, 15) is 14.7 Å². The zero-order valence-corrected chi connectivity index (χ0v) is 15.6. The number of halogens is 1. The van der Waals surface area contributed by atoms with E-state index in [4.69, 9.17) is 16.3 Å². The van der Waals surface area contributed by atoms with E-state index in [1.54, 1.807) is 25.3 Å². The van der Waals surface area contributed by atoms with Gasteiger partial charge in [-0.25, -0.2) is 14.6 Å². The Morgan fingerprint density at radius 3 is 2.77 bits per heavy atom. The van der Waals surface area contributed by atoms with Gasteiger partial charge in [-0.1, -0.05) is 0 Å². The number of hydrogen-bond acceptors (Lipinski definition) is 5. The zero-order chi connectivity index (χ0) is 19.1. The van der Waals surface area contributed by atoms with Gasteiger partial charge in [0, 0.05) is 11.6 Å². The summed E-state index contributed by atoms with van der Waals surface area (Å²) in [5, 5.41) is 13.1. The van der Waals surface area contributed by atoms with E-state index >= 15 is 0 Å². The van der Waals surface area contributed by atoms with Crippen LogP contribution in [0.2, 0.25) is 5.28 Å². The molecule has 9 heteroatoms. The first-order valence-electron chi connectivity index (χ1n) is 8.42. The summed E-state index contributed by atoms with van der Waals surface area (Å²) < 4.78 is 6.97. The van der Waals surface area contributed by atoms with Gasteiger partial charge in [-0.2, -0.15) is 4.98 Å². The Morgan fingerprint density at radius 1 is 1.38 bits per heavy atom. The third-order valence-electron chi connectivity index (χ3n) is 4.28. The van der Waals surface area contributed by atoms with Gasteiger partial charge in [0.15, 0.2) is 0 Å². The number of fused-ring (bicyclic) bond motifs is 1. The Balaban J connectivity index is 1.96. The lowest BCUT2D eigenvalue weighted by Gasteiger charge is -2.26. The fourth-order valence-electron chi connectivity index (χ4n) is 3.36. The number of carbonyl (C=O) groups is 2. The van der Waals surface area contributed by atoms with Gasteiger partial charge in [0.1, 0.15) is 16.9 Å². The minimum absolute atomic E-state index is 0.0448. The second kappa shape index (κ2) is 6.75. The van der Waals surface area contributed by atoms with Crippen LogP contribution in [0.25, 0.3) is 11.0 Å². The first-order valence-corrected chi connectivity index (χ1v) is 8.80. The molecular formula is C17H21ClN4O4. The quantitative estimate of drug-likeness (QED) is 0.790. The van der Waals surface area contributed by atoms with E-state index in [0.717, 1.165) is 12.8 Å². The average molecular weight is 381 g/mol. The van der Waals surface area contributed by atoms with Crippen LogP contribution in [0.15, 0.2) is 12.3 Å². The van der Waals surface area contributed by atoms with E-state index in [-0.39, 0.29) is 23.1 Å². The van der Waals surface area contributed by atoms with Gasteiger partial charge in [-0.05, 0) is 57.7 Å². The predicted octanol–water partition coefficient (Wildman–Crippen LogP) is 3.40. The van der Waals surface area contributed by atoms with Crippen LogP contribution in [0, 0.1) is 0 Å². The highest BCUT2D eigenvalue weighted by Crippen LogP contribution is 2.35. The molecule has 0 aliphatic heterocycles. The van der Waals surface area contributed by atoms with E-state index in [1.165, 1.54) is 12.3 Å². The molecule has 2 aromatic heterocycles. The summed E-state index contributed by atoms with van der Waals surface area (Å²) in [7, 11) is 0. The fraction of sp³-hybridized carbons (Fsp3) is 0.529. The molecule has 0 spiro atoms. The molecule has 2 heterocycles. The number of carboxylic acid groups (broad SMARTS) is 1. The molecule has 1 saturated carbocycles. The van der Waals surface area contributed by atoms with Crippen molar-refractivity contribution in [2.45, 2.75) is 57.7 Å². The molecule has 1 aliphatic carbocycles. The number of amides is 1. The number of carbonyl (C=O) groups excluding carboxylic acids is 1. The Kier molecular flexibility index (Phi) is 4.79. The Hall–Kier alpha value is -2.35. The third kappa shape index (κ3) is 3.75. The molecular weight excluding hydrogens is 360 g/mol. The Labute approximate surface area is 155 Å². The van der Waals surface area contributed by atoms with E-state index in [0.29, 0.717) is 17.5 Å². The number of hydrogen-bond donors (Lipinski definition) is 2. The number of aromatic nitrogens is 3. The van der Waals surface area contributed by atoms with Crippen molar-refractivity contribution in [3.05, 3.63) is 23.2 Å². The number of ether oxygens (including phenoxy) is 1. The average Bonchev–Trinajstić information content (AvgIpc) is 3.08. The van der Waals surface area contributed by atoms with Crippen molar-refractivity contribution < 1.29 is 19.4 Å². The first-order chi connectivity index (χ1) is 12.2. The second-order valence-corrected chi connectivity index (χ2v) is 7.71. The minimum atomic E-state index is -1.07. The molecule has 1 fully saturated rings. The molecule has 2 atom stereocenters. The summed E-state index contributed by atoms with van der Waals surface area (Å²) in [6, 6.07) is 1.01. The van der Waals surface area contributed by atoms with Crippen LogP contribution >= 0.6 is 11.6 Å². The van der Waals surface area contributed by atoms with Crippen LogP contribution in [0.3, 0.4) is 0 Å². The van der Waals surface area contributed by atoms with Crippen LogP contribution < -0.4 is 5.32 Å². The maximum Gasteiger partial charge on any atom is 0.407 e. The lowest BCUT2D eigenvalue weighted by Crippen LogP contribution is -2.41. The van der Waals surface area contributed by atoms with Gasteiger partial charge in [-0.15, -0.1) is 0 Å². The molecule has 3 rings (SSSR count). The van der Waals surface area contributed by atoms with E-state index < -0.39 is 17.7 Å². The summed E-state index contributed by atoms with van der Waals surface area (Å²) in [4.78, 5) is 32.0. The van der Waals surface area contributed by atoms with Crippen molar-refractivity contribution in [3.8, 4) is 0 Å². The Morgan fingerprint density at radius 2 is 2.12 bits per heavy atom. The maximum atomic E-state index is 12.2. The number of aromatic carboxylic acids is 1. The number of nitrogens with zero attached hydrogens (tertiary/aromatic N) is 3. The van der Waals surface area contributed by atoms with Crippen LogP contribution in [0.5, 0.6) is 0 Å². The van der Waals surface area contributed by atoms with Gasteiger partial charge in [-0.3, -0.25) is 0 Å². The van der Waals surface area contributed by atoms with Crippen molar-refractivity contribution in [1.29, 1.82) is 0 Å². The molecule has 140 valence electrons. The summed E-state index contributed by atoms with van der Waals surface area (Å²) in [5.74, 6) is -1.07. The molecule has 1 amide bonds. The fourth-order valence-corrected chi connectivity index (χ4v) is 3.49. The molecule has 0 aromatic carbocycles. The zero-order valence-electron chi connectivity index (χ0n) is 14.8. The molecule has 8 nitrogen and oxygen atoms in total. The van der Waals surface area contributed by atoms with Crippen LogP contribution in [-0.2, 0) is 4.74 Å². The lowest BCUT2D eigenvalue weighted by atomic mass is 10.1. The number of nitrogens with one attached hydrogen (secondary N) is 1. The van der Waals surface area contributed by atoms with Gasteiger partial charge >= 0.3 is 12.1 Å². The van der Waals surface area contributed by atoms with Crippen molar-refractivity contribution in [2.75, 3.05) is 0 Å². The molecule has 2 N–H and O–H groups in total. The highest BCUT2D eigenvalue weighted by molar-refractivity contribution is 6.28. The predicted molar refractivity (Wildman–Crippen MR) is 95.5 cm³/mol. The molecule has 1 aliphatic rings. The topological polar surface area (TPSA) is 106 Å². The van der Waals surface area contributed by atoms with Crippen molar-refractivity contribution in [2.24, 2.45) is 0 Å². The van der Waals surface area contributed by atoms with Gasteiger partial charge in [0.25, 0.3) is 0 Å². The SMILES string of the molecule is CC(C)(C)OC(=O)NC1CCCC1n1c(C(=O)O)cc2cnc(Cl)nc21. The monoisotopic (exact) mass is 380 g/mol. The standard InChI is InChI=1S/C17H21ClN4O4/c1-17(2,3)26-16(25)20-10-5-4-6-11(10)22-12(14(23)24)7-9-8-19-15(18)21-13(9)22/h7-8,10-11H,4-6H2,1-3H3,(H,20,25)(H,23,24). The number of rotatable bonds is 3. The summed E-state index contributed by atoms with van der Waals surface area (Å²) in [6.07, 6.45) is 3.27. The number of carboxylic acids is 1. The largest absolute Gasteiger partial charge is 0.477 e. The second-order valence-electron chi connectivity index (χ2n) is 7.37. The number of alkyl carbamates (subject to hydrolysis) is 1. The van der Waals surface area contributed by atoms with Gasteiger partial charge in [0.2, 0.25) is 5.28 Å². The van der Waals surface area contributed by atoms with Gasteiger partial charge in [0.05, 0.1) is 12.1 Å². The summed E-state index contributed by atoms with van der Waals surface area (Å²) in [5.41, 5.74) is -0.0598. The van der Waals surface area contributed by atoms with Crippen LogP contribution in [-0.4, -0.2) is 43.3 Å². The smallest absolute Gasteiger partial charge is 0.407 e. The highest BCUT2D eigenvalue weighted by Gasteiger charge is 2.35. The molecule has 2 unspecified atom stereocenters. The Bertz CT molecular complexity index is 858. The lowest BCUT2D eigenvalue weighted by molar-refractivity contribution is 0.0494. The maximum absolute atomic E-state index is 12.2. The van der Waals surface area contributed by atoms with Crippen molar-refractivity contribution >= 4 is 34.7 Å². The molecule has 2 aromatic rings. The molecule has 26 heavy (non-hydrogen) atoms. The summed E-state index contributed by atoms with van der Waals surface area (Å²) >= 11 is 5.91. The highest BCUT2D eigenvalue weighted by atomic mass is 35.5. The van der Waals surface area contributed by atoms with Crippen molar-refractivity contribution in [3.63, 3.8) is 0 Å². The van der Waals surface area contributed by atoms with Crippen molar-refractivity contribution in [1.82, 2.24) is 19.9 Å². The first kappa shape index (κ1) is 18.4. The van der Waals surface area contributed by atoms with Crippen LogP contribution in [0.4, 0.5) is 4.79 Å². The molecule has 0 radical (unpaired) electrons. The molecule has 0 saturated heterocycles. The normalized spacial score (nSPS) is 20.3. The third-order valence-corrected chi connectivity index (χ3v) is 4.46. The summed E-state index contributed by atoms with van der Waals surface area (Å²) in [6.45, 7) is 5.37.